The molecule has 0 aromatic heterocycles. The van der Waals surface area contributed by atoms with Gasteiger partial charge in [-0.2, -0.15) is 5.01 Å². The molecular formula is C21H35N5O3. The van der Waals surface area contributed by atoms with Crippen LogP contribution in [-0.2, 0) is 9.59 Å². The highest BCUT2D eigenvalue weighted by Crippen LogP contribution is 2.44. The monoisotopic (exact) mass is 405 g/mol. The number of hydrazine groups is 1. The lowest BCUT2D eigenvalue weighted by Crippen LogP contribution is -2.63. The van der Waals surface area contributed by atoms with Crippen LogP contribution in [0.15, 0.2) is 0 Å². The number of nitrogens with zero attached hydrogens (tertiary/aromatic N) is 1. The molecule has 8 nitrogen and oxygen atoms in total. The molecule has 2 saturated carbocycles. The maximum atomic E-state index is 12.6. The molecule has 6 atom stereocenters. The molecule has 5 N–H and O–H groups in total. The zero-order chi connectivity index (χ0) is 20.1. The lowest BCUT2D eigenvalue weighted by Gasteiger charge is -2.43. The summed E-state index contributed by atoms with van der Waals surface area (Å²) in [5, 5.41) is 22.3. The predicted molar refractivity (Wildman–Crippen MR) is 107 cm³/mol. The third kappa shape index (κ3) is 3.58. The van der Waals surface area contributed by atoms with E-state index in [1.165, 1.54) is 25.7 Å². The van der Waals surface area contributed by atoms with Crippen LogP contribution >= 0.6 is 0 Å². The molecule has 0 spiro atoms. The minimum atomic E-state index is -0.662. The van der Waals surface area contributed by atoms with Gasteiger partial charge in [0, 0.05) is 30.5 Å². The minimum absolute atomic E-state index is 0.0152. The second-order valence-electron chi connectivity index (χ2n) is 9.97. The second kappa shape index (κ2) is 7.80. The third-order valence-corrected chi connectivity index (χ3v) is 8.33. The number of carboxylic acids is 1. The second-order valence-corrected chi connectivity index (χ2v) is 9.97. The average Bonchev–Trinajstić information content (AvgIpc) is 3.28. The van der Waals surface area contributed by atoms with E-state index in [9.17, 15) is 14.7 Å². The molecule has 3 saturated heterocycles. The first kappa shape index (κ1) is 19.7. The van der Waals surface area contributed by atoms with E-state index in [0.717, 1.165) is 25.7 Å². The zero-order valence-corrected chi connectivity index (χ0v) is 17.3. The lowest BCUT2D eigenvalue weighted by atomic mass is 9.67. The van der Waals surface area contributed by atoms with Gasteiger partial charge in [-0.3, -0.25) is 20.2 Å². The molecule has 5 rings (SSSR count). The number of carbonyl (C=O) groups excluding carboxylic acids is 1. The number of fused-ring (bicyclic) bond motifs is 2. The van der Waals surface area contributed by atoms with Crippen LogP contribution in [0.1, 0.15) is 64.7 Å². The van der Waals surface area contributed by atoms with E-state index < -0.39 is 5.97 Å². The summed E-state index contributed by atoms with van der Waals surface area (Å²) in [6, 6.07) is 1.33. The van der Waals surface area contributed by atoms with E-state index in [2.05, 4.69) is 33.3 Å². The van der Waals surface area contributed by atoms with Crippen molar-refractivity contribution in [3.8, 4) is 0 Å². The van der Waals surface area contributed by atoms with Crippen LogP contribution in [0.25, 0.3) is 0 Å². The summed E-state index contributed by atoms with van der Waals surface area (Å²) in [6.45, 7) is 2.23. The van der Waals surface area contributed by atoms with Gasteiger partial charge in [-0.05, 0) is 57.3 Å². The molecule has 0 aromatic carbocycles. The van der Waals surface area contributed by atoms with Crippen molar-refractivity contribution in [3.63, 3.8) is 0 Å². The van der Waals surface area contributed by atoms with Gasteiger partial charge in [0.05, 0.1) is 5.92 Å². The molecular weight excluding hydrogens is 370 g/mol. The van der Waals surface area contributed by atoms with Crippen LogP contribution in [0.2, 0.25) is 0 Å². The standard InChI is InChI=1S/C21H35N5O3/c1-11-18-14(12-6-8-13(9-7-12)20(28)29)10-17(27)24-19(18)26(25-11)21-22-15-4-2-3-5-16(15)23-21/h11-16,18-19,21-23,25H,2-10H2,1H3,(H,24,27)(H,28,29). The van der Waals surface area contributed by atoms with Crippen molar-refractivity contribution in [3.05, 3.63) is 0 Å². The Bertz CT molecular complexity index is 638. The predicted octanol–water partition coefficient (Wildman–Crippen LogP) is 0.952. The molecule has 5 fully saturated rings. The van der Waals surface area contributed by atoms with E-state index in [4.69, 9.17) is 0 Å². The van der Waals surface area contributed by atoms with Crippen molar-refractivity contribution in [2.24, 2.45) is 23.7 Å². The van der Waals surface area contributed by atoms with Crippen molar-refractivity contribution in [1.29, 1.82) is 0 Å². The van der Waals surface area contributed by atoms with Gasteiger partial charge in [-0.25, -0.2) is 5.43 Å². The first-order chi connectivity index (χ1) is 14.0. The van der Waals surface area contributed by atoms with Crippen molar-refractivity contribution in [1.82, 2.24) is 26.4 Å². The van der Waals surface area contributed by atoms with Crippen molar-refractivity contribution < 1.29 is 14.7 Å². The summed E-state index contributed by atoms with van der Waals surface area (Å²) in [6.07, 6.45) is 8.95. The molecule has 3 heterocycles. The summed E-state index contributed by atoms with van der Waals surface area (Å²) in [5.41, 5.74) is 3.66. The number of hydrogen-bond acceptors (Lipinski definition) is 6. The normalized spacial score (nSPS) is 48.0. The van der Waals surface area contributed by atoms with Gasteiger partial charge in [-0.1, -0.05) is 12.8 Å². The van der Waals surface area contributed by atoms with Crippen LogP contribution in [0.3, 0.4) is 0 Å². The molecule has 2 aliphatic carbocycles. The summed E-state index contributed by atoms with van der Waals surface area (Å²) >= 11 is 0. The van der Waals surface area contributed by atoms with Gasteiger partial charge in [0.15, 0.2) is 0 Å². The SMILES string of the molecule is CC1NN(C2NC3CCCCC3N2)C2NC(=O)CC(C3CCC(C(=O)O)CC3)C12. The Morgan fingerprint density at radius 2 is 1.69 bits per heavy atom. The minimum Gasteiger partial charge on any atom is -0.481 e. The number of amides is 1. The Hall–Kier alpha value is -1.22. The van der Waals surface area contributed by atoms with Crippen LogP contribution in [-0.4, -0.2) is 52.6 Å². The molecule has 29 heavy (non-hydrogen) atoms. The average molecular weight is 406 g/mol. The summed E-state index contributed by atoms with van der Waals surface area (Å²) in [7, 11) is 0. The quantitative estimate of drug-likeness (QED) is 0.476. The maximum Gasteiger partial charge on any atom is 0.306 e. The topological polar surface area (TPSA) is 106 Å². The Morgan fingerprint density at radius 1 is 1.03 bits per heavy atom. The van der Waals surface area contributed by atoms with E-state index >= 15 is 0 Å². The van der Waals surface area contributed by atoms with Crippen molar-refractivity contribution in [2.45, 2.75) is 95.3 Å². The van der Waals surface area contributed by atoms with Gasteiger partial charge in [0.1, 0.15) is 12.5 Å². The number of aliphatic carboxylic acids is 1. The smallest absolute Gasteiger partial charge is 0.306 e. The molecule has 8 heteroatoms. The van der Waals surface area contributed by atoms with E-state index in [0.29, 0.717) is 36.3 Å². The summed E-state index contributed by atoms with van der Waals surface area (Å²) in [5.74, 6) is 0.383. The lowest BCUT2D eigenvalue weighted by molar-refractivity contribution is -0.144. The van der Waals surface area contributed by atoms with Gasteiger partial charge in [0.2, 0.25) is 5.91 Å². The Morgan fingerprint density at radius 3 is 2.31 bits per heavy atom. The fourth-order valence-electron chi connectivity index (χ4n) is 6.86. The van der Waals surface area contributed by atoms with Gasteiger partial charge in [0.25, 0.3) is 0 Å². The molecule has 0 bridgehead atoms. The molecule has 6 unspecified atom stereocenters. The van der Waals surface area contributed by atoms with E-state index in [1.807, 2.05) is 0 Å². The zero-order valence-electron chi connectivity index (χ0n) is 17.3. The molecule has 5 aliphatic rings. The molecule has 1 amide bonds. The Labute approximate surface area is 172 Å². The highest BCUT2D eigenvalue weighted by molar-refractivity contribution is 5.77. The summed E-state index contributed by atoms with van der Waals surface area (Å²) < 4.78 is 0. The number of carbonyl (C=O) groups is 2. The fourth-order valence-corrected chi connectivity index (χ4v) is 6.86. The number of rotatable bonds is 3. The third-order valence-electron chi connectivity index (χ3n) is 8.33. The van der Waals surface area contributed by atoms with Crippen molar-refractivity contribution >= 4 is 11.9 Å². The van der Waals surface area contributed by atoms with Crippen LogP contribution in [0.4, 0.5) is 0 Å². The van der Waals surface area contributed by atoms with Crippen molar-refractivity contribution in [2.75, 3.05) is 0 Å². The number of piperidine rings is 1. The number of nitrogens with one attached hydrogen (secondary N) is 4. The highest BCUT2D eigenvalue weighted by Gasteiger charge is 2.53. The van der Waals surface area contributed by atoms with Crippen LogP contribution in [0, 0.1) is 23.7 Å². The number of hydrogen-bond donors (Lipinski definition) is 5. The molecule has 0 aromatic rings. The summed E-state index contributed by atoms with van der Waals surface area (Å²) in [4.78, 5) is 24.0. The largest absolute Gasteiger partial charge is 0.481 e. The van der Waals surface area contributed by atoms with E-state index in [1.54, 1.807) is 0 Å². The molecule has 0 radical (unpaired) electrons. The highest BCUT2D eigenvalue weighted by atomic mass is 16.4. The Kier molecular flexibility index (Phi) is 5.30. The van der Waals surface area contributed by atoms with Gasteiger partial charge >= 0.3 is 5.97 Å². The van der Waals surface area contributed by atoms with Crippen LogP contribution in [0.5, 0.6) is 0 Å². The van der Waals surface area contributed by atoms with E-state index in [-0.39, 0.29) is 30.3 Å². The molecule has 162 valence electrons. The fraction of sp³-hybridized carbons (Fsp3) is 0.905. The maximum absolute atomic E-state index is 12.6. The van der Waals surface area contributed by atoms with Gasteiger partial charge < -0.3 is 10.4 Å². The Balaban J connectivity index is 1.30. The number of carboxylic acid groups (broad SMARTS) is 1. The molecule has 3 aliphatic heterocycles. The first-order valence-electron chi connectivity index (χ1n) is 11.6. The first-order valence-corrected chi connectivity index (χ1v) is 11.6. The van der Waals surface area contributed by atoms with Crippen LogP contribution < -0.4 is 21.4 Å². The van der Waals surface area contributed by atoms with Gasteiger partial charge in [-0.15, -0.1) is 0 Å².